The molecule has 1 rings (SSSR count). The van der Waals surface area contributed by atoms with Gasteiger partial charge in [0.15, 0.2) is 0 Å². The van der Waals surface area contributed by atoms with Crippen molar-refractivity contribution in [3.63, 3.8) is 0 Å². The fourth-order valence-electron chi connectivity index (χ4n) is 1.49. The third-order valence-corrected chi connectivity index (χ3v) is 2.62. The number of nitrogens with one attached hydrogen (secondary N) is 1. The van der Waals surface area contributed by atoms with Crippen molar-refractivity contribution in [2.24, 2.45) is 5.41 Å². The third-order valence-electron chi connectivity index (χ3n) is 2.62. The monoisotopic (exact) mass is 232 g/mol. The Hall–Kier alpha value is -1.31. The van der Waals surface area contributed by atoms with Gasteiger partial charge in [-0.2, -0.15) is 0 Å². The Morgan fingerprint density at radius 2 is 2.12 bits per heavy atom. The smallest absolute Gasteiger partial charge is 0.230 e. The summed E-state index contributed by atoms with van der Waals surface area (Å²) in [5.74, 6) is -0.0508. The van der Waals surface area contributed by atoms with Gasteiger partial charge in [0, 0.05) is 11.1 Å². The zero-order valence-electron chi connectivity index (χ0n) is 11.0. The summed E-state index contributed by atoms with van der Waals surface area (Å²) < 4.78 is 0. The molecule has 1 radical (unpaired) electrons. The standard InChI is InChI=1S/C15H22NO/c1-5-6-8-12-9-7-10-13(11-12)16-14(17)15(2,3)4/h7,9-11H,2,5-6,8H2,1,3-4H3,(H,16,17). The minimum atomic E-state index is -0.598. The lowest BCUT2D eigenvalue weighted by Gasteiger charge is -2.17. The molecule has 17 heavy (non-hydrogen) atoms. The number of amides is 1. The second-order valence-corrected chi connectivity index (χ2v) is 5.14. The van der Waals surface area contributed by atoms with E-state index in [4.69, 9.17) is 0 Å². The van der Waals surface area contributed by atoms with Crippen LogP contribution in [0.5, 0.6) is 0 Å². The SMILES string of the molecule is [CH2]C(C)(C)C(=O)Nc1cccc(CCCC)c1. The maximum absolute atomic E-state index is 11.8. The lowest BCUT2D eigenvalue weighted by Crippen LogP contribution is -2.27. The average molecular weight is 232 g/mol. The number of carbonyl (C=O) groups excluding carboxylic acids is 1. The molecule has 1 N–H and O–H groups in total. The molecule has 0 heterocycles. The van der Waals surface area contributed by atoms with Crippen molar-refractivity contribution in [3.05, 3.63) is 36.8 Å². The van der Waals surface area contributed by atoms with Crippen LogP contribution in [0.3, 0.4) is 0 Å². The fourth-order valence-corrected chi connectivity index (χ4v) is 1.49. The number of aryl methyl sites for hydroxylation is 1. The van der Waals surface area contributed by atoms with Crippen LogP contribution in [0.4, 0.5) is 5.69 Å². The Morgan fingerprint density at radius 3 is 2.71 bits per heavy atom. The lowest BCUT2D eigenvalue weighted by molar-refractivity contribution is -0.122. The molecule has 0 unspecified atom stereocenters. The number of rotatable bonds is 5. The van der Waals surface area contributed by atoms with Gasteiger partial charge in [-0.25, -0.2) is 0 Å². The molecule has 2 heteroatoms. The van der Waals surface area contributed by atoms with Crippen molar-refractivity contribution in [2.45, 2.75) is 40.0 Å². The van der Waals surface area contributed by atoms with E-state index < -0.39 is 5.41 Å². The number of unbranched alkanes of at least 4 members (excludes halogenated alkanes) is 1. The predicted octanol–water partition coefficient (Wildman–Crippen LogP) is 3.83. The topological polar surface area (TPSA) is 29.1 Å². The summed E-state index contributed by atoms with van der Waals surface area (Å²) >= 11 is 0. The molecular formula is C15H22NO. The molecule has 0 aliphatic heterocycles. The van der Waals surface area contributed by atoms with Gasteiger partial charge in [-0.3, -0.25) is 4.79 Å². The van der Waals surface area contributed by atoms with Gasteiger partial charge in [0.1, 0.15) is 0 Å². The molecule has 0 aliphatic carbocycles. The highest BCUT2D eigenvalue weighted by molar-refractivity contribution is 5.95. The van der Waals surface area contributed by atoms with Crippen LogP contribution in [0.2, 0.25) is 0 Å². The summed E-state index contributed by atoms with van der Waals surface area (Å²) in [6.45, 7) is 9.62. The van der Waals surface area contributed by atoms with E-state index in [0.717, 1.165) is 12.1 Å². The zero-order valence-corrected chi connectivity index (χ0v) is 11.0. The second kappa shape index (κ2) is 5.85. The van der Waals surface area contributed by atoms with Crippen molar-refractivity contribution in [3.8, 4) is 0 Å². The highest BCUT2D eigenvalue weighted by atomic mass is 16.2. The van der Waals surface area contributed by atoms with Crippen LogP contribution in [0.25, 0.3) is 0 Å². The second-order valence-electron chi connectivity index (χ2n) is 5.14. The highest BCUT2D eigenvalue weighted by Crippen LogP contribution is 2.18. The van der Waals surface area contributed by atoms with Crippen LogP contribution in [0.1, 0.15) is 39.2 Å². The molecule has 0 atom stereocenters. The molecule has 1 aromatic carbocycles. The first-order valence-corrected chi connectivity index (χ1v) is 6.19. The van der Waals surface area contributed by atoms with Crippen molar-refractivity contribution in [2.75, 3.05) is 5.32 Å². The van der Waals surface area contributed by atoms with Gasteiger partial charge >= 0.3 is 0 Å². The molecule has 0 bridgehead atoms. The minimum absolute atomic E-state index is 0.0508. The maximum Gasteiger partial charge on any atom is 0.230 e. The molecule has 93 valence electrons. The molecule has 0 fully saturated rings. The first kappa shape index (κ1) is 13.8. The van der Waals surface area contributed by atoms with Crippen LogP contribution in [0, 0.1) is 12.3 Å². The Kier molecular flexibility index (Phi) is 4.73. The fraction of sp³-hybridized carbons (Fsp3) is 0.467. The summed E-state index contributed by atoms with van der Waals surface area (Å²) in [5.41, 5.74) is 1.53. The van der Waals surface area contributed by atoms with E-state index in [2.05, 4.69) is 25.2 Å². The third kappa shape index (κ3) is 4.59. The Morgan fingerprint density at radius 1 is 1.41 bits per heavy atom. The number of hydrogen-bond donors (Lipinski definition) is 1. The lowest BCUT2D eigenvalue weighted by atomic mass is 9.95. The molecule has 0 saturated carbocycles. The zero-order chi connectivity index (χ0) is 12.9. The van der Waals surface area contributed by atoms with Crippen molar-refractivity contribution < 1.29 is 4.79 Å². The predicted molar refractivity (Wildman–Crippen MR) is 72.8 cm³/mol. The van der Waals surface area contributed by atoms with Gasteiger partial charge in [-0.05, 0) is 37.5 Å². The van der Waals surface area contributed by atoms with E-state index in [1.807, 2.05) is 32.0 Å². The number of benzene rings is 1. The Labute approximate surface area is 104 Å². The molecule has 2 nitrogen and oxygen atoms in total. The summed E-state index contributed by atoms with van der Waals surface area (Å²) in [5, 5.41) is 2.90. The van der Waals surface area contributed by atoms with Crippen LogP contribution in [0.15, 0.2) is 24.3 Å². The van der Waals surface area contributed by atoms with Crippen molar-refractivity contribution >= 4 is 11.6 Å². The Balaban J connectivity index is 2.69. The molecule has 0 aliphatic rings. The van der Waals surface area contributed by atoms with Gasteiger partial charge in [0.2, 0.25) is 5.91 Å². The van der Waals surface area contributed by atoms with E-state index in [-0.39, 0.29) is 5.91 Å². The molecule has 0 aromatic heterocycles. The van der Waals surface area contributed by atoms with Crippen LogP contribution < -0.4 is 5.32 Å². The van der Waals surface area contributed by atoms with Crippen molar-refractivity contribution in [1.29, 1.82) is 0 Å². The molecular weight excluding hydrogens is 210 g/mol. The average Bonchev–Trinajstić information content (AvgIpc) is 2.25. The van der Waals surface area contributed by atoms with E-state index in [1.54, 1.807) is 0 Å². The summed E-state index contributed by atoms with van der Waals surface area (Å²) in [7, 11) is 0. The van der Waals surface area contributed by atoms with E-state index in [1.165, 1.54) is 18.4 Å². The number of hydrogen-bond acceptors (Lipinski definition) is 1. The van der Waals surface area contributed by atoms with Gasteiger partial charge < -0.3 is 5.32 Å². The van der Waals surface area contributed by atoms with E-state index >= 15 is 0 Å². The van der Waals surface area contributed by atoms with E-state index in [0.29, 0.717) is 0 Å². The highest BCUT2D eigenvalue weighted by Gasteiger charge is 2.21. The molecule has 1 aromatic rings. The van der Waals surface area contributed by atoms with Crippen molar-refractivity contribution in [1.82, 2.24) is 0 Å². The van der Waals surface area contributed by atoms with E-state index in [9.17, 15) is 4.79 Å². The summed E-state index contributed by atoms with van der Waals surface area (Å²) in [6, 6.07) is 8.04. The van der Waals surface area contributed by atoms with Crippen LogP contribution in [-0.4, -0.2) is 5.91 Å². The first-order chi connectivity index (χ1) is 7.93. The van der Waals surface area contributed by atoms with Crippen LogP contribution in [-0.2, 0) is 11.2 Å². The van der Waals surface area contributed by atoms with Gasteiger partial charge in [-0.1, -0.05) is 39.3 Å². The van der Waals surface area contributed by atoms with Crippen LogP contribution >= 0.6 is 0 Å². The summed E-state index contributed by atoms with van der Waals surface area (Å²) in [6.07, 6.45) is 3.43. The molecule has 0 saturated heterocycles. The number of carbonyl (C=O) groups is 1. The Bertz CT molecular complexity index is 377. The normalized spacial score (nSPS) is 11.3. The van der Waals surface area contributed by atoms with Gasteiger partial charge in [0.05, 0.1) is 0 Å². The molecule has 0 spiro atoms. The number of anilines is 1. The first-order valence-electron chi connectivity index (χ1n) is 6.19. The molecule has 1 amide bonds. The largest absolute Gasteiger partial charge is 0.326 e. The quantitative estimate of drug-likeness (QED) is 0.821. The summed E-state index contributed by atoms with van der Waals surface area (Å²) in [4.78, 5) is 11.8. The minimum Gasteiger partial charge on any atom is -0.326 e. The van der Waals surface area contributed by atoms with Gasteiger partial charge in [-0.15, -0.1) is 0 Å². The van der Waals surface area contributed by atoms with Gasteiger partial charge in [0.25, 0.3) is 0 Å². The maximum atomic E-state index is 11.8.